The molecule has 2 fully saturated rings. The topological polar surface area (TPSA) is 154 Å². The van der Waals surface area contributed by atoms with E-state index in [0.717, 1.165) is 10.8 Å². The molecule has 4 rings (SSSR count). The van der Waals surface area contributed by atoms with E-state index in [1.165, 1.54) is 6.92 Å². The van der Waals surface area contributed by atoms with Gasteiger partial charge < -0.3 is 25.8 Å². The molecule has 4 unspecified atom stereocenters. The van der Waals surface area contributed by atoms with E-state index < -0.39 is 54.3 Å². The molecule has 2 aromatic carbocycles. The van der Waals surface area contributed by atoms with Crippen LogP contribution in [0, 0.1) is 0 Å². The smallest absolute Gasteiger partial charge is 0.326 e. The number of urea groups is 1. The van der Waals surface area contributed by atoms with Gasteiger partial charge in [0.05, 0.1) is 6.42 Å². The number of ether oxygens (including phenoxy) is 1. The van der Waals surface area contributed by atoms with Gasteiger partial charge in [0.25, 0.3) is 11.8 Å². The number of carbonyl (C=O) groups is 5. The number of hydrogen-bond donors (Lipinski definition) is 4. The third kappa shape index (κ3) is 3.97. The normalized spacial score (nSPS) is 23.6. The zero-order chi connectivity index (χ0) is 23.0. The summed E-state index contributed by atoms with van der Waals surface area (Å²) in [6.45, 7) is 1.31. The number of aliphatic hydroxyl groups excluding tert-OH is 1. The van der Waals surface area contributed by atoms with Crippen LogP contribution in [0.25, 0.3) is 10.8 Å². The molecular formula is C21H20N4O7. The summed E-state index contributed by atoms with van der Waals surface area (Å²) in [5, 5.41) is 18.6. The molecule has 0 saturated carbocycles. The summed E-state index contributed by atoms with van der Waals surface area (Å²) in [5.74, 6) is -2.83. The first-order chi connectivity index (χ1) is 15.2. The van der Waals surface area contributed by atoms with Crippen molar-refractivity contribution in [3.63, 3.8) is 0 Å². The summed E-state index contributed by atoms with van der Waals surface area (Å²) >= 11 is 0. The summed E-state index contributed by atoms with van der Waals surface area (Å²) in [6.07, 6.45) is -3.08. The summed E-state index contributed by atoms with van der Waals surface area (Å²) in [4.78, 5) is 62.0. The number of carbonyl (C=O) groups excluding carboxylic acids is 5. The molecule has 5 amide bonds. The summed E-state index contributed by atoms with van der Waals surface area (Å²) in [7, 11) is 0. The van der Waals surface area contributed by atoms with Crippen LogP contribution in [0.1, 0.15) is 23.7 Å². The van der Waals surface area contributed by atoms with Gasteiger partial charge in [0.15, 0.2) is 6.17 Å². The van der Waals surface area contributed by atoms with Gasteiger partial charge in [-0.05, 0) is 29.8 Å². The van der Waals surface area contributed by atoms with Crippen molar-refractivity contribution in [3.05, 3.63) is 48.0 Å². The van der Waals surface area contributed by atoms with E-state index in [1.807, 2.05) is 24.3 Å². The van der Waals surface area contributed by atoms with Crippen LogP contribution in [0.3, 0.4) is 0 Å². The second-order valence-corrected chi connectivity index (χ2v) is 7.50. The Hall–Kier alpha value is -3.99. The van der Waals surface area contributed by atoms with E-state index in [0.29, 0.717) is 10.5 Å². The number of nitrogens with one attached hydrogen (secondary N) is 3. The SMILES string of the molecule is CC(C(=O)NC1CC(=O)OC1O)N1C(=O)NC(NC(=O)c2ccc3ccccc3c2)C1=O. The van der Waals surface area contributed by atoms with E-state index in [9.17, 15) is 29.1 Å². The Balaban J connectivity index is 1.42. The molecule has 2 aliphatic rings. The van der Waals surface area contributed by atoms with Gasteiger partial charge >= 0.3 is 12.0 Å². The molecule has 32 heavy (non-hydrogen) atoms. The van der Waals surface area contributed by atoms with Crippen molar-refractivity contribution >= 4 is 40.5 Å². The minimum atomic E-state index is -1.50. The molecule has 0 aromatic heterocycles. The van der Waals surface area contributed by atoms with Gasteiger partial charge in [0.1, 0.15) is 12.1 Å². The molecule has 11 nitrogen and oxygen atoms in total. The van der Waals surface area contributed by atoms with Gasteiger partial charge in [-0.15, -0.1) is 0 Å². The molecule has 2 heterocycles. The molecule has 2 aliphatic heterocycles. The van der Waals surface area contributed by atoms with Gasteiger partial charge in [-0.3, -0.25) is 19.2 Å². The number of benzene rings is 2. The Morgan fingerprint density at radius 1 is 1.12 bits per heavy atom. The first-order valence-electron chi connectivity index (χ1n) is 9.86. The third-order valence-electron chi connectivity index (χ3n) is 5.34. The maximum Gasteiger partial charge on any atom is 0.326 e. The zero-order valence-corrected chi connectivity index (χ0v) is 16.9. The fraction of sp³-hybridized carbons (Fsp3) is 0.286. The van der Waals surface area contributed by atoms with Gasteiger partial charge in [-0.1, -0.05) is 30.3 Å². The number of imide groups is 1. The average molecular weight is 440 g/mol. The number of hydrogen-bond acceptors (Lipinski definition) is 7. The molecule has 11 heteroatoms. The van der Waals surface area contributed by atoms with Crippen molar-refractivity contribution in [1.29, 1.82) is 0 Å². The Morgan fingerprint density at radius 2 is 1.84 bits per heavy atom. The molecule has 0 radical (unpaired) electrons. The van der Waals surface area contributed by atoms with Crippen molar-refractivity contribution in [2.24, 2.45) is 0 Å². The molecular weight excluding hydrogens is 420 g/mol. The second kappa shape index (κ2) is 8.27. The molecule has 0 aliphatic carbocycles. The standard InChI is InChI=1S/C21H20N4O7/c1-10(17(27)22-14-9-15(26)32-20(14)30)25-19(29)16(24-21(25)31)23-18(28)13-7-6-11-4-2-3-5-12(11)8-13/h2-8,10,14,16,20,30H,9H2,1H3,(H,22,27)(H,23,28)(H,24,31). The molecule has 4 N–H and O–H groups in total. The predicted molar refractivity (Wildman–Crippen MR) is 109 cm³/mol. The Bertz CT molecular complexity index is 1130. The van der Waals surface area contributed by atoms with Crippen molar-refractivity contribution < 1.29 is 33.8 Å². The lowest BCUT2D eigenvalue weighted by molar-refractivity contribution is -0.155. The summed E-state index contributed by atoms with van der Waals surface area (Å²) < 4.78 is 4.55. The number of aliphatic hydroxyl groups is 1. The maximum absolute atomic E-state index is 12.7. The van der Waals surface area contributed by atoms with E-state index in [4.69, 9.17) is 0 Å². The van der Waals surface area contributed by atoms with Crippen LogP contribution in [-0.2, 0) is 19.1 Å². The fourth-order valence-corrected chi connectivity index (χ4v) is 3.59. The van der Waals surface area contributed by atoms with Crippen molar-refractivity contribution in [1.82, 2.24) is 20.9 Å². The highest BCUT2D eigenvalue weighted by atomic mass is 16.6. The van der Waals surface area contributed by atoms with Gasteiger partial charge in [-0.25, -0.2) is 9.69 Å². The number of cyclic esters (lactones) is 1. The number of nitrogens with zero attached hydrogens (tertiary/aromatic N) is 1. The van der Waals surface area contributed by atoms with Crippen LogP contribution >= 0.6 is 0 Å². The average Bonchev–Trinajstić information content (AvgIpc) is 3.23. The summed E-state index contributed by atoms with van der Waals surface area (Å²) in [6, 6.07) is 9.38. The minimum Gasteiger partial charge on any atom is -0.434 e. The number of esters is 1. The Labute approximate surface area is 181 Å². The fourth-order valence-electron chi connectivity index (χ4n) is 3.59. The Morgan fingerprint density at radius 3 is 2.53 bits per heavy atom. The number of rotatable bonds is 5. The van der Waals surface area contributed by atoms with Crippen molar-refractivity contribution in [2.75, 3.05) is 0 Å². The first-order valence-corrected chi connectivity index (χ1v) is 9.86. The van der Waals surface area contributed by atoms with E-state index >= 15 is 0 Å². The quantitative estimate of drug-likeness (QED) is 0.364. The molecule has 2 saturated heterocycles. The maximum atomic E-state index is 12.7. The second-order valence-electron chi connectivity index (χ2n) is 7.50. The predicted octanol–water partition coefficient (Wildman–Crippen LogP) is -0.414. The van der Waals surface area contributed by atoms with E-state index in [1.54, 1.807) is 18.2 Å². The van der Waals surface area contributed by atoms with E-state index in [-0.39, 0.29) is 6.42 Å². The van der Waals surface area contributed by atoms with Crippen LogP contribution in [0.2, 0.25) is 0 Å². The molecule has 0 spiro atoms. The largest absolute Gasteiger partial charge is 0.434 e. The van der Waals surface area contributed by atoms with Crippen LogP contribution in [-0.4, -0.2) is 64.3 Å². The van der Waals surface area contributed by atoms with Crippen LogP contribution in [0.15, 0.2) is 42.5 Å². The highest BCUT2D eigenvalue weighted by molar-refractivity contribution is 6.09. The van der Waals surface area contributed by atoms with Crippen molar-refractivity contribution in [2.45, 2.75) is 37.9 Å². The monoisotopic (exact) mass is 440 g/mol. The highest BCUT2D eigenvalue weighted by Gasteiger charge is 2.45. The van der Waals surface area contributed by atoms with Gasteiger partial charge in [-0.2, -0.15) is 0 Å². The number of fused-ring (bicyclic) bond motifs is 1. The lowest BCUT2D eigenvalue weighted by atomic mass is 10.1. The zero-order valence-electron chi connectivity index (χ0n) is 16.9. The Kier molecular flexibility index (Phi) is 5.49. The number of amides is 5. The van der Waals surface area contributed by atoms with E-state index in [2.05, 4.69) is 20.7 Å². The minimum absolute atomic E-state index is 0.232. The third-order valence-corrected chi connectivity index (χ3v) is 5.34. The highest BCUT2D eigenvalue weighted by Crippen LogP contribution is 2.17. The molecule has 0 bridgehead atoms. The lowest BCUT2D eigenvalue weighted by Gasteiger charge is -2.23. The molecule has 166 valence electrons. The van der Waals surface area contributed by atoms with Crippen LogP contribution < -0.4 is 16.0 Å². The van der Waals surface area contributed by atoms with Gasteiger partial charge in [0, 0.05) is 5.56 Å². The van der Waals surface area contributed by atoms with Crippen LogP contribution in [0.5, 0.6) is 0 Å². The molecule has 2 aromatic rings. The molecule has 4 atom stereocenters. The summed E-state index contributed by atoms with van der Waals surface area (Å²) in [5.41, 5.74) is 0.301. The van der Waals surface area contributed by atoms with Crippen molar-refractivity contribution in [3.8, 4) is 0 Å². The van der Waals surface area contributed by atoms with Crippen LogP contribution in [0.4, 0.5) is 4.79 Å². The first kappa shape index (κ1) is 21.2. The van der Waals surface area contributed by atoms with Gasteiger partial charge in [0.2, 0.25) is 12.2 Å². The lowest BCUT2D eigenvalue weighted by Crippen LogP contribution is -2.53.